The molecule has 9 heteroatoms. The fraction of sp³-hybridized carbons (Fsp3) is 0.0476. The highest BCUT2D eigenvalue weighted by Crippen LogP contribution is 2.25. The van der Waals surface area contributed by atoms with Crippen LogP contribution in [-0.2, 0) is 0 Å². The van der Waals surface area contributed by atoms with E-state index in [0.717, 1.165) is 0 Å². The highest BCUT2D eigenvalue weighted by atomic mass is 79.9. The average Bonchev–Trinajstić information content (AvgIpc) is 3.31. The van der Waals surface area contributed by atoms with Gasteiger partial charge in [0.1, 0.15) is 17.8 Å². The highest BCUT2D eigenvalue weighted by Gasteiger charge is 2.12. The standard InChI is InChI=1S/C21H16BrN5O3/c1-29-16-6-7-18(22)17(12-16)21(28)24-14-2-4-15(5-3-14)30-20-9-8-19(25-26-20)27-11-10-23-13-27/h2-13H,1H3,(H,24,28). The minimum Gasteiger partial charge on any atom is -0.497 e. The molecule has 0 unspecified atom stereocenters. The number of methoxy groups -OCH3 is 1. The number of carbonyl (C=O) groups excluding carboxylic acids is 1. The fourth-order valence-electron chi connectivity index (χ4n) is 2.63. The SMILES string of the molecule is COc1ccc(Br)c(C(=O)Nc2ccc(Oc3ccc(-n4ccnc4)nn3)cc2)c1. The van der Waals surface area contributed by atoms with Gasteiger partial charge in [0, 0.05) is 28.6 Å². The van der Waals surface area contributed by atoms with Gasteiger partial charge >= 0.3 is 0 Å². The molecule has 0 aliphatic rings. The van der Waals surface area contributed by atoms with Gasteiger partial charge < -0.3 is 14.8 Å². The molecule has 0 radical (unpaired) electrons. The lowest BCUT2D eigenvalue weighted by molar-refractivity contribution is 0.102. The van der Waals surface area contributed by atoms with E-state index in [1.165, 1.54) is 0 Å². The molecular weight excluding hydrogens is 450 g/mol. The fourth-order valence-corrected chi connectivity index (χ4v) is 3.06. The maximum Gasteiger partial charge on any atom is 0.256 e. The molecule has 0 spiro atoms. The Balaban J connectivity index is 1.41. The minimum absolute atomic E-state index is 0.254. The third-order valence-corrected chi connectivity index (χ3v) is 4.84. The Morgan fingerprint density at radius 3 is 2.50 bits per heavy atom. The van der Waals surface area contributed by atoms with Crippen molar-refractivity contribution >= 4 is 27.5 Å². The Labute approximate surface area is 180 Å². The first-order valence-electron chi connectivity index (χ1n) is 8.87. The van der Waals surface area contributed by atoms with Gasteiger partial charge in [0.2, 0.25) is 5.88 Å². The van der Waals surface area contributed by atoms with E-state index in [0.29, 0.717) is 38.9 Å². The number of benzene rings is 2. The lowest BCUT2D eigenvalue weighted by Crippen LogP contribution is -2.12. The van der Waals surface area contributed by atoms with Crippen LogP contribution in [0.4, 0.5) is 5.69 Å². The first kappa shape index (κ1) is 19.6. The number of aromatic nitrogens is 4. The number of hydrogen-bond donors (Lipinski definition) is 1. The number of ether oxygens (including phenoxy) is 2. The van der Waals surface area contributed by atoms with Gasteiger partial charge in [-0.1, -0.05) is 0 Å². The van der Waals surface area contributed by atoms with Crippen molar-refractivity contribution in [1.82, 2.24) is 19.7 Å². The zero-order valence-corrected chi connectivity index (χ0v) is 17.4. The van der Waals surface area contributed by atoms with Crippen LogP contribution < -0.4 is 14.8 Å². The molecule has 0 fully saturated rings. The van der Waals surface area contributed by atoms with E-state index < -0.39 is 0 Å². The molecule has 0 aliphatic carbocycles. The van der Waals surface area contributed by atoms with Crippen LogP contribution in [0.3, 0.4) is 0 Å². The molecule has 0 saturated carbocycles. The van der Waals surface area contributed by atoms with Crippen LogP contribution in [0, 0.1) is 0 Å². The number of hydrogen-bond acceptors (Lipinski definition) is 6. The van der Waals surface area contributed by atoms with Gasteiger partial charge in [0.25, 0.3) is 5.91 Å². The smallest absolute Gasteiger partial charge is 0.256 e. The Morgan fingerprint density at radius 1 is 1.03 bits per heavy atom. The van der Waals surface area contributed by atoms with Gasteiger partial charge in [-0.05, 0) is 64.5 Å². The van der Waals surface area contributed by atoms with Gasteiger partial charge in [-0.25, -0.2) is 4.98 Å². The molecule has 4 aromatic rings. The zero-order valence-electron chi connectivity index (χ0n) is 15.8. The highest BCUT2D eigenvalue weighted by molar-refractivity contribution is 9.10. The van der Waals surface area contributed by atoms with Crippen LogP contribution in [0.1, 0.15) is 10.4 Å². The van der Waals surface area contributed by atoms with E-state index in [9.17, 15) is 4.79 Å². The number of carbonyl (C=O) groups is 1. The second-order valence-corrected chi connectivity index (χ2v) is 6.98. The maximum atomic E-state index is 12.6. The molecule has 4 rings (SSSR count). The first-order valence-corrected chi connectivity index (χ1v) is 9.66. The summed E-state index contributed by atoms with van der Waals surface area (Å²) in [6.07, 6.45) is 5.09. The number of imidazole rings is 1. The zero-order chi connectivity index (χ0) is 20.9. The molecule has 0 aliphatic heterocycles. The normalized spacial score (nSPS) is 10.5. The summed E-state index contributed by atoms with van der Waals surface area (Å²) in [5.74, 6) is 1.92. The van der Waals surface area contributed by atoms with Crippen molar-refractivity contribution in [3.8, 4) is 23.2 Å². The van der Waals surface area contributed by atoms with E-state index in [2.05, 4.69) is 36.4 Å². The summed E-state index contributed by atoms with van der Waals surface area (Å²) in [7, 11) is 1.55. The van der Waals surface area contributed by atoms with Crippen molar-refractivity contribution in [3.05, 3.63) is 83.4 Å². The molecule has 0 atom stereocenters. The lowest BCUT2D eigenvalue weighted by atomic mass is 10.2. The van der Waals surface area contributed by atoms with E-state index in [1.54, 1.807) is 85.0 Å². The van der Waals surface area contributed by atoms with Crippen LogP contribution in [-0.4, -0.2) is 32.8 Å². The number of rotatable bonds is 6. The number of anilines is 1. The number of nitrogens with zero attached hydrogens (tertiary/aromatic N) is 4. The predicted molar refractivity (Wildman–Crippen MR) is 114 cm³/mol. The van der Waals surface area contributed by atoms with Crippen LogP contribution >= 0.6 is 15.9 Å². The molecule has 2 heterocycles. The molecule has 0 bridgehead atoms. The molecule has 30 heavy (non-hydrogen) atoms. The van der Waals surface area contributed by atoms with E-state index in [-0.39, 0.29) is 5.91 Å². The van der Waals surface area contributed by atoms with Gasteiger partial charge in [-0.3, -0.25) is 9.36 Å². The van der Waals surface area contributed by atoms with Crippen LogP contribution in [0.5, 0.6) is 17.4 Å². The summed E-state index contributed by atoms with van der Waals surface area (Å²) in [4.78, 5) is 16.5. The largest absolute Gasteiger partial charge is 0.497 e. The molecule has 1 N–H and O–H groups in total. The van der Waals surface area contributed by atoms with Crippen molar-refractivity contribution < 1.29 is 14.3 Å². The molecule has 1 amide bonds. The molecule has 8 nitrogen and oxygen atoms in total. The summed E-state index contributed by atoms with van der Waals surface area (Å²) in [5.41, 5.74) is 1.10. The van der Waals surface area contributed by atoms with Crippen molar-refractivity contribution in [2.45, 2.75) is 0 Å². The number of amides is 1. The number of nitrogens with one attached hydrogen (secondary N) is 1. The van der Waals surface area contributed by atoms with Crippen LogP contribution in [0.15, 0.2) is 77.8 Å². The van der Waals surface area contributed by atoms with Gasteiger partial charge in [-0.15, -0.1) is 10.2 Å². The Morgan fingerprint density at radius 2 is 1.83 bits per heavy atom. The number of halogens is 1. The van der Waals surface area contributed by atoms with Gasteiger partial charge in [0.15, 0.2) is 5.82 Å². The Kier molecular flexibility index (Phi) is 5.71. The van der Waals surface area contributed by atoms with Crippen LogP contribution in [0.25, 0.3) is 5.82 Å². The topological polar surface area (TPSA) is 91.2 Å². The van der Waals surface area contributed by atoms with E-state index in [4.69, 9.17) is 9.47 Å². The Hall–Kier alpha value is -3.72. The lowest BCUT2D eigenvalue weighted by Gasteiger charge is -2.10. The Bertz CT molecular complexity index is 1150. The quantitative estimate of drug-likeness (QED) is 0.451. The average molecular weight is 466 g/mol. The van der Waals surface area contributed by atoms with Gasteiger partial charge in [-0.2, -0.15) is 0 Å². The summed E-state index contributed by atoms with van der Waals surface area (Å²) < 4.78 is 13.3. The van der Waals surface area contributed by atoms with Crippen molar-refractivity contribution in [1.29, 1.82) is 0 Å². The van der Waals surface area contributed by atoms with Gasteiger partial charge in [0.05, 0.1) is 12.7 Å². The summed E-state index contributed by atoms with van der Waals surface area (Å²) in [6, 6.07) is 15.7. The van der Waals surface area contributed by atoms with E-state index >= 15 is 0 Å². The molecule has 0 saturated heterocycles. The molecule has 2 aromatic heterocycles. The van der Waals surface area contributed by atoms with Crippen molar-refractivity contribution in [2.75, 3.05) is 12.4 Å². The third kappa shape index (κ3) is 4.47. The second kappa shape index (κ2) is 8.75. The van der Waals surface area contributed by atoms with E-state index in [1.807, 2.05) is 0 Å². The van der Waals surface area contributed by atoms with Crippen LogP contribution in [0.2, 0.25) is 0 Å². The summed E-state index contributed by atoms with van der Waals surface area (Å²) in [5, 5.41) is 11.0. The summed E-state index contributed by atoms with van der Waals surface area (Å²) in [6.45, 7) is 0. The van der Waals surface area contributed by atoms with Crippen molar-refractivity contribution in [3.63, 3.8) is 0 Å². The third-order valence-electron chi connectivity index (χ3n) is 4.15. The molecule has 150 valence electrons. The molecular formula is C21H16BrN5O3. The first-order chi connectivity index (χ1) is 14.6. The molecule has 2 aromatic carbocycles. The monoisotopic (exact) mass is 465 g/mol. The van der Waals surface area contributed by atoms with Crippen molar-refractivity contribution in [2.24, 2.45) is 0 Å². The second-order valence-electron chi connectivity index (χ2n) is 6.13. The summed E-state index contributed by atoms with van der Waals surface area (Å²) >= 11 is 3.39. The predicted octanol–water partition coefficient (Wildman–Crippen LogP) is 4.48. The minimum atomic E-state index is -0.254. The maximum absolute atomic E-state index is 12.6.